The van der Waals surface area contributed by atoms with E-state index in [9.17, 15) is 10.2 Å². The van der Waals surface area contributed by atoms with Gasteiger partial charge in [0.15, 0.2) is 5.58 Å². The van der Waals surface area contributed by atoms with Crippen molar-refractivity contribution >= 4 is 50.5 Å². The van der Waals surface area contributed by atoms with Crippen LogP contribution in [0.1, 0.15) is 16.7 Å². The average molecular weight is 472 g/mol. The van der Waals surface area contributed by atoms with E-state index < -0.39 is 0 Å². The van der Waals surface area contributed by atoms with Crippen LogP contribution < -0.4 is 0 Å². The van der Waals surface area contributed by atoms with Gasteiger partial charge in [-0.25, -0.2) is 4.98 Å². The highest BCUT2D eigenvalue weighted by Gasteiger charge is 2.14. The van der Waals surface area contributed by atoms with Crippen molar-refractivity contribution in [3.8, 4) is 23.0 Å². The van der Waals surface area contributed by atoms with E-state index in [1.165, 1.54) is 12.3 Å². The molecule has 5 nitrogen and oxygen atoms in total. The standard InChI is InChI=1S/C22H16BrClN2O3/c1-11-5-18-20(6-12(11)2)29-22(26-18)16-9-15(3-4-19(16)27)25-10-13-7-14(24)8-17(23)21(13)28/h3-10,27-28H,1-2H3. The first-order valence-corrected chi connectivity index (χ1v) is 9.92. The zero-order valence-corrected chi connectivity index (χ0v) is 17.9. The monoisotopic (exact) mass is 470 g/mol. The first-order valence-electron chi connectivity index (χ1n) is 8.75. The molecule has 7 heteroatoms. The second-order valence-corrected chi connectivity index (χ2v) is 8.00. The Morgan fingerprint density at radius 2 is 1.83 bits per heavy atom. The van der Waals surface area contributed by atoms with Crippen LogP contribution >= 0.6 is 27.5 Å². The van der Waals surface area contributed by atoms with E-state index in [1.54, 1.807) is 24.3 Å². The molecule has 146 valence electrons. The molecule has 2 N–H and O–H groups in total. The summed E-state index contributed by atoms with van der Waals surface area (Å²) in [5, 5.41) is 20.9. The van der Waals surface area contributed by atoms with Gasteiger partial charge in [-0.15, -0.1) is 0 Å². The van der Waals surface area contributed by atoms with Crippen molar-refractivity contribution in [2.45, 2.75) is 13.8 Å². The Kier molecular flexibility index (Phi) is 5.06. The van der Waals surface area contributed by atoms with Crippen molar-refractivity contribution in [2.24, 2.45) is 4.99 Å². The smallest absolute Gasteiger partial charge is 0.231 e. The number of phenols is 2. The summed E-state index contributed by atoms with van der Waals surface area (Å²) in [7, 11) is 0. The lowest BCUT2D eigenvalue weighted by atomic mass is 10.1. The number of aromatic nitrogens is 1. The molecule has 0 amide bonds. The number of hydrogen-bond donors (Lipinski definition) is 2. The van der Waals surface area contributed by atoms with Crippen molar-refractivity contribution in [2.75, 3.05) is 0 Å². The van der Waals surface area contributed by atoms with Gasteiger partial charge in [-0.2, -0.15) is 0 Å². The maximum Gasteiger partial charge on any atom is 0.231 e. The van der Waals surface area contributed by atoms with Crippen LogP contribution in [0.15, 0.2) is 56.3 Å². The van der Waals surface area contributed by atoms with E-state index in [0.29, 0.717) is 37.8 Å². The van der Waals surface area contributed by atoms with Crippen molar-refractivity contribution in [1.29, 1.82) is 0 Å². The van der Waals surface area contributed by atoms with Crippen LogP contribution in [0.25, 0.3) is 22.6 Å². The lowest BCUT2D eigenvalue weighted by molar-refractivity contribution is 0.471. The van der Waals surface area contributed by atoms with Gasteiger partial charge in [0.25, 0.3) is 0 Å². The second-order valence-electron chi connectivity index (χ2n) is 6.71. The molecule has 0 spiro atoms. The molecule has 3 aromatic carbocycles. The molecule has 0 aliphatic carbocycles. The minimum atomic E-state index is 0.0392. The summed E-state index contributed by atoms with van der Waals surface area (Å²) in [5.74, 6) is 0.395. The summed E-state index contributed by atoms with van der Waals surface area (Å²) < 4.78 is 6.33. The minimum Gasteiger partial charge on any atom is -0.507 e. The molecular weight excluding hydrogens is 456 g/mol. The summed E-state index contributed by atoms with van der Waals surface area (Å²) >= 11 is 9.29. The number of halogens is 2. The summed E-state index contributed by atoms with van der Waals surface area (Å²) in [4.78, 5) is 8.88. The number of aromatic hydroxyl groups is 2. The van der Waals surface area contributed by atoms with Crippen LogP contribution in [0.5, 0.6) is 11.5 Å². The molecule has 1 aromatic heterocycles. The van der Waals surface area contributed by atoms with Gasteiger partial charge in [-0.1, -0.05) is 11.6 Å². The van der Waals surface area contributed by atoms with Gasteiger partial charge in [0.2, 0.25) is 5.89 Å². The maximum atomic E-state index is 10.3. The Labute approximate surface area is 180 Å². The molecule has 0 radical (unpaired) electrons. The summed E-state index contributed by atoms with van der Waals surface area (Å²) in [6.45, 7) is 4.02. The fourth-order valence-electron chi connectivity index (χ4n) is 2.90. The van der Waals surface area contributed by atoms with Gasteiger partial charge in [-0.3, -0.25) is 4.99 Å². The fraction of sp³-hybridized carbons (Fsp3) is 0.0909. The number of aliphatic imine (C=N–C) groups is 1. The van der Waals surface area contributed by atoms with E-state index in [1.807, 2.05) is 26.0 Å². The molecule has 0 saturated heterocycles. The van der Waals surface area contributed by atoms with E-state index in [-0.39, 0.29) is 11.5 Å². The van der Waals surface area contributed by atoms with Crippen molar-refractivity contribution < 1.29 is 14.6 Å². The Balaban J connectivity index is 1.73. The third kappa shape index (κ3) is 3.86. The molecule has 29 heavy (non-hydrogen) atoms. The second kappa shape index (κ2) is 7.54. The molecule has 0 fully saturated rings. The number of phenolic OH excluding ortho intramolecular Hbond substituents is 2. The van der Waals surface area contributed by atoms with Gasteiger partial charge in [-0.05, 0) is 83.4 Å². The highest BCUT2D eigenvalue weighted by atomic mass is 79.9. The zero-order valence-electron chi connectivity index (χ0n) is 15.6. The van der Waals surface area contributed by atoms with Gasteiger partial charge >= 0.3 is 0 Å². The van der Waals surface area contributed by atoms with Crippen LogP contribution in [-0.4, -0.2) is 21.4 Å². The highest BCUT2D eigenvalue weighted by Crippen LogP contribution is 2.35. The number of hydrogen-bond acceptors (Lipinski definition) is 5. The molecular formula is C22H16BrClN2O3. The Bertz CT molecular complexity index is 1240. The molecule has 0 aliphatic rings. The number of oxazole rings is 1. The van der Waals surface area contributed by atoms with Gasteiger partial charge in [0.1, 0.15) is 17.0 Å². The van der Waals surface area contributed by atoms with Crippen molar-refractivity contribution in [3.63, 3.8) is 0 Å². The number of fused-ring (bicyclic) bond motifs is 1. The van der Waals surface area contributed by atoms with E-state index >= 15 is 0 Å². The van der Waals surface area contributed by atoms with Crippen LogP contribution in [0.4, 0.5) is 5.69 Å². The van der Waals surface area contributed by atoms with E-state index in [4.69, 9.17) is 16.0 Å². The minimum absolute atomic E-state index is 0.0392. The largest absolute Gasteiger partial charge is 0.507 e. The quantitative estimate of drug-likeness (QED) is 0.326. The summed E-state index contributed by atoms with van der Waals surface area (Å²) in [5.41, 5.74) is 5.07. The lowest BCUT2D eigenvalue weighted by Gasteiger charge is -2.04. The van der Waals surface area contributed by atoms with Crippen molar-refractivity contribution in [1.82, 2.24) is 4.98 Å². The predicted molar refractivity (Wildman–Crippen MR) is 119 cm³/mol. The number of aryl methyl sites for hydroxylation is 2. The van der Waals surface area contributed by atoms with Crippen molar-refractivity contribution in [3.05, 3.63) is 68.7 Å². The predicted octanol–water partition coefficient (Wildman–Crippen LogP) is 6.69. The number of nitrogens with zero attached hydrogens (tertiary/aromatic N) is 2. The normalized spacial score (nSPS) is 11.6. The number of benzene rings is 3. The summed E-state index contributed by atoms with van der Waals surface area (Å²) in [6.07, 6.45) is 1.50. The van der Waals surface area contributed by atoms with Crippen LogP contribution in [-0.2, 0) is 0 Å². The molecule has 1 heterocycles. The Morgan fingerprint density at radius 3 is 2.62 bits per heavy atom. The molecule has 0 aliphatic heterocycles. The maximum absolute atomic E-state index is 10.3. The molecule has 4 rings (SSSR count). The summed E-state index contributed by atoms with van der Waals surface area (Å²) in [6, 6.07) is 12.0. The first kappa shape index (κ1) is 19.5. The van der Waals surface area contributed by atoms with Gasteiger partial charge < -0.3 is 14.6 Å². The van der Waals surface area contributed by atoms with Crippen LogP contribution in [0.3, 0.4) is 0 Å². The third-order valence-electron chi connectivity index (χ3n) is 4.62. The first-order chi connectivity index (χ1) is 13.8. The van der Waals surface area contributed by atoms with Crippen LogP contribution in [0, 0.1) is 13.8 Å². The molecule has 0 saturated carbocycles. The van der Waals surface area contributed by atoms with Gasteiger partial charge in [0, 0.05) is 16.8 Å². The zero-order chi connectivity index (χ0) is 20.7. The Morgan fingerprint density at radius 1 is 1.07 bits per heavy atom. The molecule has 0 atom stereocenters. The topological polar surface area (TPSA) is 78.9 Å². The molecule has 4 aromatic rings. The Hall–Kier alpha value is -2.83. The fourth-order valence-corrected chi connectivity index (χ4v) is 3.73. The van der Waals surface area contributed by atoms with E-state index in [0.717, 1.165) is 16.6 Å². The van der Waals surface area contributed by atoms with E-state index in [2.05, 4.69) is 25.9 Å². The lowest BCUT2D eigenvalue weighted by Crippen LogP contribution is -1.85. The SMILES string of the molecule is Cc1cc2nc(-c3cc(N=Cc4cc(Cl)cc(Br)c4O)ccc3O)oc2cc1C. The molecule has 0 unspecified atom stereocenters. The molecule has 0 bridgehead atoms. The average Bonchev–Trinajstić information content (AvgIpc) is 3.07. The van der Waals surface area contributed by atoms with Crippen LogP contribution in [0.2, 0.25) is 5.02 Å². The van der Waals surface area contributed by atoms with Gasteiger partial charge in [0.05, 0.1) is 15.7 Å². The third-order valence-corrected chi connectivity index (χ3v) is 5.45. The number of rotatable bonds is 3. The highest BCUT2D eigenvalue weighted by molar-refractivity contribution is 9.10.